The maximum atomic E-state index is 12.8. The molecule has 1 N–H and O–H groups in total. The molecule has 0 unspecified atom stereocenters. The lowest BCUT2D eigenvalue weighted by Crippen LogP contribution is -2.31. The fraction of sp³-hybridized carbons (Fsp3) is 0.333. The van der Waals surface area contributed by atoms with Gasteiger partial charge < -0.3 is 9.88 Å². The Bertz CT molecular complexity index is 1120. The van der Waals surface area contributed by atoms with Crippen LogP contribution in [0, 0.1) is 5.92 Å². The molecule has 1 aliphatic heterocycles. The maximum absolute atomic E-state index is 12.8. The fourth-order valence-electron chi connectivity index (χ4n) is 4.67. The number of benzene rings is 2. The third kappa shape index (κ3) is 3.63. The molecule has 0 spiro atoms. The molecule has 0 saturated heterocycles. The lowest BCUT2D eigenvalue weighted by molar-refractivity contribution is -0.121. The Morgan fingerprint density at radius 3 is 2.87 bits per heavy atom. The number of imidazole rings is 1. The first-order valence-electron chi connectivity index (χ1n) is 10.4. The van der Waals surface area contributed by atoms with Crippen molar-refractivity contribution in [3.8, 4) is 11.3 Å². The van der Waals surface area contributed by atoms with Gasteiger partial charge in [-0.2, -0.15) is 0 Å². The highest BCUT2D eigenvalue weighted by molar-refractivity contribution is 6.42. The van der Waals surface area contributed by atoms with Crippen LogP contribution in [0.1, 0.15) is 41.9 Å². The van der Waals surface area contributed by atoms with Gasteiger partial charge in [-0.3, -0.25) is 4.79 Å². The number of aromatic nitrogens is 2. The molecule has 3 aromatic rings. The molecule has 1 aromatic heterocycles. The fourth-order valence-corrected chi connectivity index (χ4v) is 5.00. The Morgan fingerprint density at radius 2 is 2.07 bits per heavy atom. The molecule has 154 valence electrons. The molecule has 2 aliphatic rings. The van der Waals surface area contributed by atoms with Crippen LogP contribution < -0.4 is 5.32 Å². The van der Waals surface area contributed by atoms with Gasteiger partial charge in [-0.05, 0) is 53.6 Å². The average molecular weight is 440 g/mol. The first kappa shape index (κ1) is 19.7. The van der Waals surface area contributed by atoms with E-state index in [1.807, 2.05) is 6.07 Å². The lowest BCUT2D eigenvalue weighted by atomic mass is 10.00. The molecule has 1 amide bonds. The highest BCUT2D eigenvalue weighted by Crippen LogP contribution is 2.38. The number of nitrogens with zero attached hydrogens (tertiary/aromatic N) is 2. The largest absolute Gasteiger partial charge is 0.349 e. The van der Waals surface area contributed by atoms with Gasteiger partial charge in [0.25, 0.3) is 0 Å². The minimum absolute atomic E-state index is 0.00434. The van der Waals surface area contributed by atoms with E-state index < -0.39 is 0 Å². The van der Waals surface area contributed by atoms with Crippen molar-refractivity contribution < 1.29 is 4.79 Å². The van der Waals surface area contributed by atoms with Crippen molar-refractivity contribution in [1.82, 2.24) is 14.9 Å². The van der Waals surface area contributed by atoms with Crippen LogP contribution in [0.3, 0.4) is 0 Å². The predicted octanol–water partition coefficient (Wildman–Crippen LogP) is 5.40. The topological polar surface area (TPSA) is 46.9 Å². The second-order valence-corrected chi connectivity index (χ2v) is 9.22. The van der Waals surface area contributed by atoms with E-state index >= 15 is 0 Å². The number of carbonyl (C=O) groups is 1. The summed E-state index contributed by atoms with van der Waals surface area (Å²) in [5, 5.41) is 4.21. The van der Waals surface area contributed by atoms with Gasteiger partial charge in [0, 0.05) is 24.7 Å². The molecule has 0 saturated carbocycles. The molecule has 0 bridgehead atoms. The van der Waals surface area contributed by atoms with E-state index in [9.17, 15) is 4.79 Å². The summed E-state index contributed by atoms with van der Waals surface area (Å²) in [6.07, 6.45) is 5.63. The minimum Gasteiger partial charge on any atom is -0.349 e. The van der Waals surface area contributed by atoms with E-state index in [1.54, 1.807) is 12.1 Å². The number of hydrogen-bond acceptors (Lipinski definition) is 2. The summed E-state index contributed by atoms with van der Waals surface area (Å²) in [5.41, 5.74) is 5.50. The van der Waals surface area contributed by atoms with E-state index in [0.717, 1.165) is 36.2 Å². The van der Waals surface area contributed by atoms with Crippen LogP contribution in [0.25, 0.3) is 11.3 Å². The summed E-state index contributed by atoms with van der Waals surface area (Å²) in [6, 6.07) is 11.9. The zero-order chi connectivity index (χ0) is 20.8. The third-order valence-electron chi connectivity index (χ3n) is 6.21. The Hall–Kier alpha value is -2.30. The van der Waals surface area contributed by atoms with Crippen LogP contribution in [-0.4, -0.2) is 15.5 Å². The van der Waals surface area contributed by atoms with Gasteiger partial charge >= 0.3 is 0 Å². The number of carbonyl (C=O) groups excluding carboxylic acids is 1. The van der Waals surface area contributed by atoms with Crippen LogP contribution >= 0.6 is 23.2 Å². The highest BCUT2D eigenvalue weighted by Gasteiger charge is 2.31. The van der Waals surface area contributed by atoms with Crippen LogP contribution in [0.5, 0.6) is 0 Å². The molecular formula is C24H23Cl2N3O. The molecule has 0 fully saturated rings. The van der Waals surface area contributed by atoms with Crippen LogP contribution in [0.15, 0.2) is 42.6 Å². The van der Waals surface area contributed by atoms with Gasteiger partial charge in [0.15, 0.2) is 0 Å². The van der Waals surface area contributed by atoms with Gasteiger partial charge in [0.1, 0.15) is 5.82 Å². The third-order valence-corrected chi connectivity index (χ3v) is 6.95. The highest BCUT2D eigenvalue weighted by atomic mass is 35.5. The second kappa shape index (κ2) is 7.75. The first-order valence-corrected chi connectivity index (χ1v) is 11.2. The summed E-state index contributed by atoms with van der Waals surface area (Å²) >= 11 is 12.1. The number of rotatable bonds is 4. The zero-order valence-electron chi connectivity index (χ0n) is 16.8. The molecule has 1 aliphatic carbocycles. The van der Waals surface area contributed by atoms with Crippen molar-refractivity contribution >= 4 is 29.1 Å². The van der Waals surface area contributed by atoms with Gasteiger partial charge in [0.05, 0.1) is 28.2 Å². The van der Waals surface area contributed by atoms with E-state index in [1.165, 1.54) is 23.4 Å². The summed E-state index contributed by atoms with van der Waals surface area (Å²) in [6.45, 7) is 3.24. The molecule has 2 aromatic carbocycles. The standard InChI is InChI=1S/C24H23Cl2N3O/c1-14-9-16-5-6-17(21-13-29-8-2-3-22(29)27-21)12-18(16)24(14)28-23(30)11-15-4-7-19(25)20(26)10-15/h4-7,10,12-14,24H,2-3,8-9,11H2,1H3,(H,28,30)/t14-,24-/m1/s1. The van der Waals surface area contributed by atoms with Crippen molar-refractivity contribution in [3.05, 3.63) is 75.2 Å². The normalized spacial score (nSPS) is 19.6. The van der Waals surface area contributed by atoms with Crippen molar-refractivity contribution in [1.29, 1.82) is 0 Å². The monoisotopic (exact) mass is 439 g/mol. The molecule has 5 rings (SSSR count). The van der Waals surface area contributed by atoms with E-state index in [2.05, 4.69) is 41.2 Å². The Labute approximate surface area is 186 Å². The molecule has 2 atom stereocenters. The maximum Gasteiger partial charge on any atom is 0.224 e. The Kier molecular flexibility index (Phi) is 5.08. The Morgan fingerprint density at radius 1 is 1.20 bits per heavy atom. The number of aryl methyl sites for hydroxylation is 2. The molecule has 4 nitrogen and oxygen atoms in total. The predicted molar refractivity (Wildman–Crippen MR) is 120 cm³/mol. The van der Waals surface area contributed by atoms with Crippen LogP contribution in [0.4, 0.5) is 0 Å². The van der Waals surface area contributed by atoms with Crippen molar-refractivity contribution in [2.24, 2.45) is 5.92 Å². The molecular weight excluding hydrogens is 417 g/mol. The number of hydrogen-bond donors (Lipinski definition) is 1. The minimum atomic E-state index is -0.00976. The smallest absolute Gasteiger partial charge is 0.224 e. The SMILES string of the molecule is C[C@@H]1Cc2ccc(-c3cn4c(n3)CCC4)cc2[C@@H]1NC(=O)Cc1ccc(Cl)c(Cl)c1. The van der Waals surface area contributed by atoms with Crippen LogP contribution in [0.2, 0.25) is 10.0 Å². The second-order valence-electron chi connectivity index (χ2n) is 8.40. The first-order chi connectivity index (χ1) is 14.5. The summed E-state index contributed by atoms with van der Waals surface area (Å²) in [7, 11) is 0. The number of fused-ring (bicyclic) bond motifs is 2. The zero-order valence-corrected chi connectivity index (χ0v) is 18.3. The summed E-state index contributed by atoms with van der Waals surface area (Å²) in [4.78, 5) is 17.6. The van der Waals surface area contributed by atoms with Crippen molar-refractivity contribution in [2.75, 3.05) is 0 Å². The van der Waals surface area contributed by atoms with Gasteiger partial charge in [-0.25, -0.2) is 4.98 Å². The van der Waals surface area contributed by atoms with E-state index in [4.69, 9.17) is 28.2 Å². The average Bonchev–Trinajstić information content (AvgIpc) is 3.38. The van der Waals surface area contributed by atoms with Crippen LogP contribution in [-0.2, 0) is 30.6 Å². The van der Waals surface area contributed by atoms with Crippen molar-refractivity contribution in [2.45, 2.75) is 45.2 Å². The Balaban J connectivity index is 1.36. The lowest BCUT2D eigenvalue weighted by Gasteiger charge is -2.19. The van der Waals surface area contributed by atoms with Gasteiger partial charge in [-0.1, -0.05) is 48.3 Å². The quantitative estimate of drug-likeness (QED) is 0.591. The number of amides is 1. The number of nitrogens with one attached hydrogen (secondary N) is 1. The summed E-state index contributed by atoms with van der Waals surface area (Å²) < 4.78 is 2.25. The molecule has 2 heterocycles. The van der Waals surface area contributed by atoms with Crippen molar-refractivity contribution in [3.63, 3.8) is 0 Å². The molecule has 30 heavy (non-hydrogen) atoms. The molecule has 0 radical (unpaired) electrons. The number of halogens is 2. The van der Waals surface area contributed by atoms with Gasteiger partial charge in [0.2, 0.25) is 5.91 Å². The van der Waals surface area contributed by atoms with Gasteiger partial charge in [-0.15, -0.1) is 0 Å². The molecule has 6 heteroatoms. The summed E-state index contributed by atoms with van der Waals surface area (Å²) in [5.74, 6) is 1.51. The van der Waals surface area contributed by atoms with E-state index in [-0.39, 0.29) is 18.4 Å². The van der Waals surface area contributed by atoms with E-state index in [0.29, 0.717) is 16.0 Å².